The fourth-order valence-corrected chi connectivity index (χ4v) is 1.04. The molecule has 0 N–H and O–H groups in total. The number of aryl methyl sites for hydroxylation is 1. The minimum Gasteiger partial charge on any atom is -0.352 e. The average molecular weight is 139 g/mol. The molecule has 0 amide bonds. The Morgan fingerprint density at radius 1 is 1.40 bits per heavy atom. The van der Waals surface area contributed by atoms with Crippen molar-refractivity contribution in [3.05, 3.63) is 5.69 Å². The van der Waals surface area contributed by atoms with Crippen molar-refractivity contribution in [1.82, 2.24) is 10.3 Å². The van der Waals surface area contributed by atoms with Gasteiger partial charge >= 0.3 is 0 Å². The molecule has 1 aliphatic rings. The van der Waals surface area contributed by atoms with Crippen LogP contribution in [0.4, 0.5) is 5.82 Å². The van der Waals surface area contributed by atoms with Crippen LogP contribution in [-0.2, 0) is 0 Å². The van der Waals surface area contributed by atoms with Gasteiger partial charge in [0.2, 0.25) is 0 Å². The number of nitrogens with zero attached hydrogens (tertiary/aromatic N) is 3. The van der Waals surface area contributed by atoms with Gasteiger partial charge in [0.05, 0.1) is 0 Å². The summed E-state index contributed by atoms with van der Waals surface area (Å²) in [6.07, 6.45) is 1.26. The molecule has 2 rings (SSSR count). The third-order valence-corrected chi connectivity index (χ3v) is 1.78. The molecule has 0 aliphatic carbocycles. The molecule has 54 valence electrons. The molecular formula is C6H9N3O. The van der Waals surface area contributed by atoms with Crippen LogP contribution in [0.1, 0.15) is 12.1 Å². The standard InChI is InChI=1S/C6H9N3O/c1-5-6(8-10-7-5)9-3-2-4-9/h2-4H2,1H3. The zero-order chi connectivity index (χ0) is 6.97. The number of hydrogen-bond donors (Lipinski definition) is 0. The summed E-state index contributed by atoms with van der Waals surface area (Å²) in [4.78, 5) is 2.16. The van der Waals surface area contributed by atoms with Gasteiger partial charge in [0.25, 0.3) is 0 Å². The first-order valence-corrected chi connectivity index (χ1v) is 3.42. The van der Waals surface area contributed by atoms with Crippen molar-refractivity contribution in [2.75, 3.05) is 18.0 Å². The van der Waals surface area contributed by atoms with Gasteiger partial charge in [-0.05, 0) is 18.5 Å². The molecule has 0 aromatic carbocycles. The van der Waals surface area contributed by atoms with Gasteiger partial charge in [0, 0.05) is 13.1 Å². The molecule has 0 radical (unpaired) electrons. The topological polar surface area (TPSA) is 42.2 Å². The molecule has 10 heavy (non-hydrogen) atoms. The minimum absolute atomic E-state index is 0.889. The van der Waals surface area contributed by atoms with Gasteiger partial charge in [-0.2, -0.15) is 0 Å². The van der Waals surface area contributed by atoms with E-state index in [0.29, 0.717) is 0 Å². The third kappa shape index (κ3) is 0.683. The molecule has 1 aromatic rings. The van der Waals surface area contributed by atoms with E-state index in [1.807, 2.05) is 6.92 Å². The van der Waals surface area contributed by atoms with Crippen LogP contribution in [0.3, 0.4) is 0 Å². The van der Waals surface area contributed by atoms with E-state index in [1.54, 1.807) is 0 Å². The van der Waals surface area contributed by atoms with Crippen molar-refractivity contribution < 1.29 is 4.63 Å². The predicted octanol–water partition coefficient (Wildman–Crippen LogP) is 0.588. The number of hydrogen-bond acceptors (Lipinski definition) is 4. The SMILES string of the molecule is Cc1nonc1N1CCC1. The van der Waals surface area contributed by atoms with Crippen molar-refractivity contribution in [2.45, 2.75) is 13.3 Å². The maximum absolute atomic E-state index is 4.56. The lowest BCUT2D eigenvalue weighted by Crippen LogP contribution is -2.37. The first-order valence-electron chi connectivity index (χ1n) is 3.42. The highest BCUT2D eigenvalue weighted by Crippen LogP contribution is 2.19. The van der Waals surface area contributed by atoms with Crippen LogP contribution in [0.15, 0.2) is 4.63 Å². The van der Waals surface area contributed by atoms with Gasteiger partial charge in [-0.1, -0.05) is 5.16 Å². The first kappa shape index (κ1) is 5.70. The number of anilines is 1. The smallest absolute Gasteiger partial charge is 0.196 e. The second-order valence-electron chi connectivity index (χ2n) is 2.51. The maximum Gasteiger partial charge on any atom is 0.196 e. The monoisotopic (exact) mass is 139 g/mol. The molecule has 4 heteroatoms. The molecule has 1 fully saturated rings. The predicted molar refractivity (Wildman–Crippen MR) is 35.9 cm³/mol. The molecule has 4 nitrogen and oxygen atoms in total. The Labute approximate surface area is 58.8 Å². The number of rotatable bonds is 1. The highest BCUT2D eigenvalue weighted by molar-refractivity contribution is 5.42. The van der Waals surface area contributed by atoms with Crippen LogP contribution < -0.4 is 4.90 Å². The Bertz CT molecular complexity index is 229. The Kier molecular flexibility index (Phi) is 1.12. The van der Waals surface area contributed by atoms with Crippen LogP contribution in [0.2, 0.25) is 0 Å². The van der Waals surface area contributed by atoms with E-state index in [4.69, 9.17) is 0 Å². The van der Waals surface area contributed by atoms with Gasteiger partial charge in [-0.15, -0.1) is 0 Å². The van der Waals surface area contributed by atoms with Gasteiger partial charge in [-0.3, -0.25) is 0 Å². The van der Waals surface area contributed by atoms with E-state index in [0.717, 1.165) is 24.6 Å². The molecule has 1 aliphatic heterocycles. The zero-order valence-electron chi connectivity index (χ0n) is 5.87. The summed E-state index contributed by atoms with van der Waals surface area (Å²) in [5.41, 5.74) is 0.889. The molecule has 2 heterocycles. The maximum atomic E-state index is 4.56. The lowest BCUT2D eigenvalue weighted by Gasteiger charge is -2.30. The summed E-state index contributed by atoms with van der Waals surface area (Å²) < 4.78 is 4.56. The summed E-state index contributed by atoms with van der Waals surface area (Å²) in [6, 6.07) is 0. The summed E-state index contributed by atoms with van der Waals surface area (Å²) in [7, 11) is 0. The molecule has 0 unspecified atom stereocenters. The Balaban J connectivity index is 2.23. The van der Waals surface area contributed by atoms with E-state index in [9.17, 15) is 0 Å². The third-order valence-electron chi connectivity index (χ3n) is 1.78. The fourth-order valence-electron chi connectivity index (χ4n) is 1.04. The van der Waals surface area contributed by atoms with E-state index in [2.05, 4.69) is 19.8 Å². The van der Waals surface area contributed by atoms with Crippen molar-refractivity contribution in [1.29, 1.82) is 0 Å². The van der Waals surface area contributed by atoms with Crippen LogP contribution in [-0.4, -0.2) is 23.4 Å². The largest absolute Gasteiger partial charge is 0.352 e. The van der Waals surface area contributed by atoms with Gasteiger partial charge < -0.3 is 4.90 Å². The Morgan fingerprint density at radius 2 is 2.20 bits per heavy atom. The summed E-state index contributed by atoms with van der Waals surface area (Å²) >= 11 is 0. The van der Waals surface area contributed by atoms with Gasteiger partial charge in [0.1, 0.15) is 5.69 Å². The van der Waals surface area contributed by atoms with Crippen LogP contribution in [0.5, 0.6) is 0 Å². The van der Waals surface area contributed by atoms with E-state index in [-0.39, 0.29) is 0 Å². The molecule has 0 atom stereocenters. The van der Waals surface area contributed by atoms with Gasteiger partial charge in [-0.25, -0.2) is 4.63 Å². The second kappa shape index (κ2) is 1.97. The molecule has 0 bridgehead atoms. The summed E-state index contributed by atoms with van der Waals surface area (Å²) in [6.45, 7) is 4.09. The van der Waals surface area contributed by atoms with Crippen LogP contribution in [0, 0.1) is 6.92 Å². The lowest BCUT2D eigenvalue weighted by molar-refractivity contribution is 0.304. The molecule has 0 saturated carbocycles. The lowest BCUT2D eigenvalue weighted by atomic mass is 10.2. The van der Waals surface area contributed by atoms with Crippen molar-refractivity contribution in [3.8, 4) is 0 Å². The molecule has 1 aromatic heterocycles. The fraction of sp³-hybridized carbons (Fsp3) is 0.667. The van der Waals surface area contributed by atoms with E-state index >= 15 is 0 Å². The van der Waals surface area contributed by atoms with E-state index in [1.165, 1.54) is 6.42 Å². The van der Waals surface area contributed by atoms with E-state index < -0.39 is 0 Å². The quantitative estimate of drug-likeness (QED) is 0.571. The summed E-state index contributed by atoms with van der Waals surface area (Å²) in [5.74, 6) is 0.909. The highest BCUT2D eigenvalue weighted by atomic mass is 16.6. The van der Waals surface area contributed by atoms with Crippen molar-refractivity contribution in [3.63, 3.8) is 0 Å². The summed E-state index contributed by atoms with van der Waals surface area (Å²) in [5, 5.41) is 7.47. The molecular weight excluding hydrogens is 130 g/mol. The second-order valence-corrected chi connectivity index (χ2v) is 2.51. The molecule has 0 spiro atoms. The Hall–Kier alpha value is -1.06. The van der Waals surface area contributed by atoms with Crippen LogP contribution in [0.25, 0.3) is 0 Å². The first-order chi connectivity index (χ1) is 4.88. The normalized spacial score (nSPS) is 17.1. The molecule has 1 saturated heterocycles. The van der Waals surface area contributed by atoms with Crippen molar-refractivity contribution >= 4 is 5.82 Å². The van der Waals surface area contributed by atoms with Gasteiger partial charge in [0.15, 0.2) is 5.82 Å². The zero-order valence-corrected chi connectivity index (χ0v) is 5.87. The minimum atomic E-state index is 0.889. The average Bonchev–Trinajstić information content (AvgIpc) is 2.12. The Morgan fingerprint density at radius 3 is 2.60 bits per heavy atom. The highest BCUT2D eigenvalue weighted by Gasteiger charge is 2.19. The number of aromatic nitrogens is 2. The van der Waals surface area contributed by atoms with Crippen LogP contribution >= 0.6 is 0 Å². The van der Waals surface area contributed by atoms with Crippen molar-refractivity contribution in [2.24, 2.45) is 0 Å².